The molecule has 1 saturated heterocycles. The first-order valence-corrected chi connectivity index (χ1v) is 7.69. The largest absolute Gasteiger partial charge is 0.383 e. The molecule has 7 nitrogen and oxygen atoms in total. The minimum absolute atomic E-state index is 0.0620. The van der Waals surface area contributed by atoms with E-state index in [9.17, 15) is 4.79 Å². The fourth-order valence-corrected chi connectivity index (χ4v) is 3.08. The van der Waals surface area contributed by atoms with Crippen molar-refractivity contribution in [3.63, 3.8) is 0 Å². The summed E-state index contributed by atoms with van der Waals surface area (Å²) in [5.41, 5.74) is 0.801. The number of hydrogen-bond acceptors (Lipinski definition) is 5. The summed E-state index contributed by atoms with van der Waals surface area (Å²) in [6.07, 6.45) is 6.56. The molecule has 3 heterocycles. The Bertz CT molecular complexity index is 699. The van der Waals surface area contributed by atoms with Crippen LogP contribution in [0.3, 0.4) is 0 Å². The van der Waals surface area contributed by atoms with Crippen molar-refractivity contribution in [3.05, 3.63) is 31.2 Å². The van der Waals surface area contributed by atoms with Gasteiger partial charge in [0.25, 0.3) is 0 Å². The van der Waals surface area contributed by atoms with Crippen LogP contribution in [-0.2, 0) is 9.53 Å². The van der Waals surface area contributed by atoms with Crippen LogP contribution in [0, 0.1) is 0 Å². The second-order valence-corrected chi connectivity index (χ2v) is 5.68. The number of nitrogens with zero attached hydrogens (tertiary/aromatic N) is 3. The standard InChI is InChI=1S/C16H21N5O2/c1-3-14(22)21-8-11(4-5-12(21)9-23-2)20-16-13-6-7-17-15(13)18-10-19-16/h3,6-7,10-12H,1,4-5,8-9H2,2H3,(H2,17,18,19,20)/t11-,12-/m1/s1. The number of aromatic amines is 1. The zero-order valence-electron chi connectivity index (χ0n) is 13.2. The highest BCUT2D eigenvalue weighted by molar-refractivity contribution is 5.88. The van der Waals surface area contributed by atoms with E-state index in [1.165, 1.54) is 12.4 Å². The average Bonchev–Trinajstić information content (AvgIpc) is 3.05. The van der Waals surface area contributed by atoms with Gasteiger partial charge in [0.1, 0.15) is 17.8 Å². The number of anilines is 1. The number of hydrogen-bond donors (Lipinski definition) is 2. The van der Waals surface area contributed by atoms with E-state index < -0.39 is 0 Å². The Labute approximate surface area is 134 Å². The number of aromatic nitrogens is 3. The second-order valence-electron chi connectivity index (χ2n) is 5.68. The van der Waals surface area contributed by atoms with Gasteiger partial charge < -0.3 is 19.9 Å². The van der Waals surface area contributed by atoms with E-state index in [4.69, 9.17) is 4.74 Å². The van der Waals surface area contributed by atoms with Gasteiger partial charge in [0, 0.05) is 25.9 Å². The van der Waals surface area contributed by atoms with E-state index in [-0.39, 0.29) is 18.0 Å². The van der Waals surface area contributed by atoms with E-state index in [1.807, 2.05) is 17.2 Å². The Morgan fingerprint density at radius 1 is 1.57 bits per heavy atom. The number of rotatable bonds is 5. The molecule has 7 heteroatoms. The maximum atomic E-state index is 12.1. The van der Waals surface area contributed by atoms with Crippen LogP contribution in [0.1, 0.15) is 12.8 Å². The number of carbonyl (C=O) groups excluding carboxylic acids is 1. The molecule has 2 N–H and O–H groups in total. The molecule has 3 rings (SSSR count). The smallest absolute Gasteiger partial charge is 0.246 e. The minimum Gasteiger partial charge on any atom is -0.383 e. The lowest BCUT2D eigenvalue weighted by atomic mass is 9.98. The molecule has 2 aromatic heterocycles. The summed E-state index contributed by atoms with van der Waals surface area (Å²) in [5, 5.41) is 4.39. The number of methoxy groups -OCH3 is 1. The molecule has 0 aliphatic carbocycles. The number of carbonyl (C=O) groups is 1. The van der Waals surface area contributed by atoms with Gasteiger partial charge in [-0.05, 0) is 25.0 Å². The van der Waals surface area contributed by atoms with Gasteiger partial charge in [0.05, 0.1) is 18.0 Å². The number of fused-ring (bicyclic) bond motifs is 1. The van der Waals surface area contributed by atoms with E-state index in [2.05, 4.69) is 26.8 Å². The third-order valence-corrected chi connectivity index (χ3v) is 4.22. The van der Waals surface area contributed by atoms with Gasteiger partial charge in [0.2, 0.25) is 5.91 Å². The number of likely N-dealkylation sites (tertiary alicyclic amines) is 1. The molecular formula is C16H21N5O2. The average molecular weight is 315 g/mol. The van der Waals surface area contributed by atoms with Crippen LogP contribution in [-0.4, -0.2) is 58.1 Å². The molecular weight excluding hydrogens is 294 g/mol. The topological polar surface area (TPSA) is 83.1 Å². The van der Waals surface area contributed by atoms with Crippen molar-refractivity contribution in [2.24, 2.45) is 0 Å². The van der Waals surface area contributed by atoms with Crippen LogP contribution in [0.4, 0.5) is 5.82 Å². The Morgan fingerprint density at radius 3 is 3.22 bits per heavy atom. The van der Waals surface area contributed by atoms with Crippen LogP contribution in [0.5, 0.6) is 0 Å². The van der Waals surface area contributed by atoms with Crippen molar-refractivity contribution >= 4 is 22.8 Å². The normalized spacial score (nSPS) is 21.3. The first-order valence-electron chi connectivity index (χ1n) is 7.69. The number of H-pyrrole nitrogens is 1. The Balaban J connectivity index is 1.75. The molecule has 23 heavy (non-hydrogen) atoms. The SMILES string of the molecule is C=CC(=O)N1C[C@H](Nc2ncnc3[nH]ccc23)CC[C@@H]1COC. The fourth-order valence-electron chi connectivity index (χ4n) is 3.08. The molecule has 1 fully saturated rings. The maximum Gasteiger partial charge on any atom is 0.246 e. The summed E-state index contributed by atoms with van der Waals surface area (Å²) in [5.74, 6) is 0.727. The van der Waals surface area contributed by atoms with Gasteiger partial charge in [-0.3, -0.25) is 4.79 Å². The maximum absolute atomic E-state index is 12.1. The van der Waals surface area contributed by atoms with Gasteiger partial charge in [-0.15, -0.1) is 0 Å². The first-order chi connectivity index (χ1) is 11.2. The van der Waals surface area contributed by atoms with Crippen LogP contribution < -0.4 is 5.32 Å². The predicted octanol–water partition coefficient (Wildman–Crippen LogP) is 1.56. The fraction of sp³-hybridized carbons (Fsp3) is 0.438. The van der Waals surface area contributed by atoms with Gasteiger partial charge in [-0.1, -0.05) is 6.58 Å². The molecule has 122 valence electrons. The van der Waals surface area contributed by atoms with Crippen LogP contribution in [0.2, 0.25) is 0 Å². The Kier molecular flexibility index (Phi) is 4.57. The molecule has 0 radical (unpaired) electrons. The summed E-state index contributed by atoms with van der Waals surface area (Å²) >= 11 is 0. The quantitative estimate of drug-likeness (QED) is 0.818. The molecule has 1 aliphatic heterocycles. The van der Waals surface area contributed by atoms with Crippen molar-refractivity contribution in [2.45, 2.75) is 24.9 Å². The highest BCUT2D eigenvalue weighted by atomic mass is 16.5. The number of amides is 1. The third-order valence-electron chi connectivity index (χ3n) is 4.22. The van der Waals surface area contributed by atoms with Crippen molar-refractivity contribution in [2.75, 3.05) is 25.6 Å². The molecule has 2 atom stereocenters. The van der Waals surface area contributed by atoms with Crippen molar-refractivity contribution in [1.29, 1.82) is 0 Å². The highest BCUT2D eigenvalue weighted by Gasteiger charge is 2.30. The van der Waals surface area contributed by atoms with Crippen LogP contribution >= 0.6 is 0 Å². The molecule has 0 aromatic carbocycles. The van der Waals surface area contributed by atoms with Crippen LogP contribution in [0.15, 0.2) is 31.2 Å². The zero-order chi connectivity index (χ0) is 16.2. The van der Waals surface area contributed by atoms with Gasteiger partial charge in [-0.2, -0.15) is 0 Å². The summed E-state index contributed by atoms with van der Waals surface area (Å²) < 4.78 is 5.23. The molecule has 1 aliphatic rings. The first kappa shape index (κ1) is 15.5. The molecule has 1 amide bonds. The molecule has 0 bridgehead atoms. The number of nitrogens with one attached hydrogen (secondary N) is 2. The Hall–Kier alpha value is -2.41. The summed E-state index contributed by atoms with van der Waals surface area (Å²) in [7, 11) is 1.66. The molecule has 0 saturated carbocycles. The van der Waals surface area contributed by atoms with Crippen molar-refractivity contribution < 1.29 is 9.53 Å². The monoisotopic (exact) mass is 315 g/mol. The van der Waals surface area contributed by atoms with E-state index >= 15 is 0 Å². The zero-order valence-corrected chi connectivity index (χ0v) is 13.2. The number of ether oxygens (including phenoxy) is 1. The van der Waals surface area contributed by atoms with Gasteiger partial charge >= 0.3 is 0 Å². The summed E-state index contributed by atoms with van der Waals surface area (Å²) in [6.45, 7) is 4.75. The summed E-state index contributed by atoms with van der Waals surface area (Å²) in [6, 6.07) is 2.18. The van der Waals surface area contributed by atoms with E-state index in [0.29, 0.717) is 13.2 Å². The third kappa shape index (κ3) is 3.19. The lowest BCUT2D eigenvalue weighted by Gasteiger charge is -2.39. The van der Waals surface area contributed by atoms with E-state index in [0.717, 1.165) is 29.7 Å². The second kappa shape index (κ2) is 6.78. The molecule has 0 spiro atoms. The van der Waals surface area contributed by atoms with Crippen LogP contribution in [0.25, 0.3) is 11.0 Å². The molecule has 2 aromatic rings. The Morgan fingerprint density at radius 2 is 2.43 bits per heavy atom. The van der Waals surface area contributed by atoms with Crippen molar-refractivity contribution in [1.82, 2.24) is 19.9 Å². The predicted molar refractivity (Wildman–Crippen MR) is 88.1 cm³/mol. The van der Waals surface area contributed by atoms with Gasteiger partial charge in [0.15, 0.2) is 0 Å². The van der Waals surface area contributed by atoms with Gasteiger partial charge in [-0.25, -0.2) is 9.97 Å². The number of piperidine rings is 1. The minimum atomic E-state index is -0.0620. The molecule has 0 unspecified atom stereocenters. The lowest BCUT2D eigenvalue weighted by molar-refractivity contribution is -0.131. The summed E-state index contributed by atoms with van der Waals surface area (Å²) in [4.78, 5) is 25.5. The van der Waals surface area contributed by atoms with E-state index in [1.54, 1.807) is 7.11 Å². The highest BCUT2D eigenvalue weighted by Crippen LogP contribution is 2.24. The van der Waals surface area contributed by atoms with Crippen molar-refractivity contribution in [3.8, 4) is 0 Å². The lowest BCUT2D eigenvalue weighted by Crippen LogP contribution is -2.52.